The van der Waals surface area contributed by atoms with Gasteiger partial charge in [0.1, 0.15) is 11.7 Å². The number of nitrogens with zero attached hydrogens (tertiary/aromatic N) is 1. The highest BCUT2D eigenvalue weighted by atomic mass is 16.6. The number of phenolic OH excluding ortho intramolecular Hbond substituents is 1. The van der Waals surface area contributed by atoms with Crippen LogP contribution in [0.15, 0.2) is 36.4 Å². The molecule has 38 heavy (non-hydrogen) atoms. The Labute approximate surface area is 226 Å². The van der Waals surface area contributed by atoms with Crippen LogP contribution in [0.25, 0.3) is 0 Å². The van der Waals surface area contributed by atoms with Gasteiger partial charge >= 0.3 is 0 Å². The van der Waals surface area contributed by atoms with Crippen LogP contribution in [0.2, 0.25) is 0 Å². The number of ether oxygens (including phenoxy) is 3. The van der Waals surface area contributed by atoms with Gasteiger partial charge in [0.05, 0.1) is 44.8 Å². The third-order valence-corrected chi connectivity index (χ3v) is 12.2. The summed E-state index contributed by atoms with van der Waals surface area (Å²) in [6, 6.07) is 13.3. The summed E-state index contributed by atoms with van der Waals surface area (Å²) in [5, 5.41) is 11.0. The van der Waals surface area contributed by atoms with Crippen LogP contribution in [0.3, 0.4) is 0 Å². The van der Waals surface area contributed by atoms with Crippen molar-refractivity contribution in [3.8, 4) is 11.5 Å². The number of methoxy groups -OCH3 is 1. The monoisotopic (exact) mass is 516 g/mol. The van der Waals surface area contributed by atoms with Gasteiger partial charge in [-0.05, 0) is 56.2 Å². The van der Waals surface area contributed by atoms with Crippen LogP contribution in [-0.4, -0.2) is 61.2 Å². The van der Waals surface area contributed by atoms with Crippen LogP contribution in [0.1, 0.15) is 60.8 Å². The van der Waals surface area contributed by atoms with Crippen molar-refractivity contribution in [1.82, 2.24) is 0 Å². The molecule has 1 saturated heterocycles. The average molecular weight is 517 g/mol. The van der Waals surface area contributed by atoms with Gasteiger partial charge < -0.3 is 23.8 Å². The molecule has 7 aliphatic rings. The Morgan fingerprint density at radius 2 is 1.89 bits per heavy atom. The molecule has 2 spiro atoms. The number of benzene rings is 2. The number of hydrogen-bond acceptors (Lipinski definition) is 4. The molecule has 7 atom stereocenters. The van der Waals surface area contributed by atoms with Gasteiger partial charge in [0.25, 0.3) is 0 Å². The predicted molar refractivity (Wildman–Crippen MR) is 145 cm³/mol. The number of likely N-dealkylation sites (tertiary alicyclic amines) is 1. The summed E-state index contributed by atoms with van der Waals surface area (Å²) in [5.74, 6) is 2.24. The van der Waals surface area contributed by atoms with Gasteiger partial charge in [-0.25, -0.2) is 0 Å². The SMILES string of the molecule is CO[C@]12CC[C@@]3(C[C@@H]1COCc1ccc(C)cc1)[C@H]1Cc4ccc(O)c5c4[C@@]3(CC[N@+]1(C)CC1CC1)[C@H]2O5. The van der Waals surface area contributed by atoms with Crippen LogP contribution in [0.4, 0.5) is 0 Å². The van der Waals surface area contributed by atoms with Crippen molar-refractivity contribution in [1.29, 1.82) is 0 Å². The van der Waals surface area contributed by atoms with Crippen LogP contribution in [0.5, 0.6) is 11.5 Å². The molecule has 202 valence electrons. The van der Waals surface area contributed by atoms with Gasteiger partial charge in [-0.15, -0.1) is 0 Å². The zero-order valence-electron chi connectivity index (χ0n) is 23.2. The average Bonchev–Trinajstić information content (AvgIpc) is 3.64. The molecule has 2 aromatic carbocycles. The highest BCUT2D eigenvalue weighted by Crippen LogP contribution is 2.77. The number of piperidine rings is 1. The van der Waals surface area contributed by atoms with E-state index in [1.54, 1.807) is 0 Å². The molecule has 5 fully saturated rings. The van der Waals surface area contributed by atoms with Gasteiger partial charge in [0.2, 0.25) is 0 Å². The first-order chi connectivity index (χ1) is 18.4. The summed E-state index contributed by atoms with van der Waals surface area (Å²) in [6.45, 7) is 5.96. The minimum Gasteiger partial charge on any atom is -0.504 e. The fourth-order valence-electron chi connectivity index (χ4n) is 10.5. The van der Waals surface area contributed by atoms with Crippen LogP contribution in [0, 0.1) is 24.2 Å². The molecule has 5 heteroatoms. The number of quaternary nitrogens is 1. The third kappa shape index (κ3) is 2.83. The Balaban J connectivity index is 1.21. The smallest absolute Gasteiger partial charge is 0.165 e. The van der Waals surface area contributed by atoms with Crippen molar-refractivity contribution in [3.63, 3.8) is 0 Å². The first kappa shape index (κ1) is 23.8. The van der Waals surface area contributed by atoms with Crippen molar-refractivity contribution in [3.05, 3.63) is 58.7 Å². The number of likely N-dealkylation sites (N-methyl/N-ethyl adjacent to an activating group) is 1. The molecule has 2 aliphatic heterocycles. The summed E-state index contributed by atoms with van der Waals surface area (Å²) in [7, 11) is 4.46. The second-order valence-electron chi connectivity index (χ2n) is 13.9. The molecule has 4 bridgehead atoms. The van der Waals surface area contributed by atoms with Gasteiger partial charge in [0, 0.05) is 42.8 Å². The summed E-state index contributed by atoms with van der Waals surface area (Å²) in [5.41, 5.74) is 4.96. The predicted octanol–water partition coefficient (Wildman–Crippen LogP) is 5.29. The molecule has 4 saturated carbocycles. The number of phenols is 1. The lowest BCUT2D eigenvalue weighted by molar-refractivity contribution is -0.952. The Kier molecular flexibility index (Phi) is 4.86. The maximum Gasteiger partial charge on any atom is 0.165 e. The van der Waals surface area contributed by atoms with Crippen molar-refractivity contribution in [2.24, 2.45) is 17.3 Å². The van der Waals surface area contributed by atoms with E-state index < -0.39 is 5.60 Å². The van der Waals surface area contributed by atoms with E-state index >= 15 is 0 Å². The van der Waals surface area contributed by atoms with Gasteiger partial charge in [-0.3, -0.25) is 0 Å². The maximum absolute atomic E-state index is 11.0. The topological polar surface area (TPSA) is 47.9 Å². The van der Waals surface area contributed by atoms with E-state index in [-0.39, 0.29) is 22.9 Å². The molecular formula is C33H42NO4+. The molecule has 0 unspecified atom stereocenters. The summed E-state index contributed by atoms with van der Waals surface area (Å²) >= 11 is 0. The van der Waals surface area contributed by atoms with E-state index in [1.165, 1.54) is 59.1 Å². The van der Waals surface area contributed by atoms with E-state index in [2.05, 4.69) is 44.3 Å². The largest absolute Gasteiger partial charge is 0.504 e. The van der Waals surface area contributed by atoms with Gasteiger partial charge in [-0.2, -0.15) is 0 Å². The number of aromatic hydroxyl groups is 1. The fourth-order valence-corrected chi connectivity index (χ4v) is 10.5. The standard InChI is InChI=1S/C33H41NO4/c1-21-4-6-23(7-5-21)19-37-20-25-17-31-12-13-33(25,36-3)30-32(31)14-15-34(2,18-22-8-9-22)27(31)16-24-10-11-26(35)29(38-30)28(24)32/h4-7,10-11,22,25,27,30H,8-9,12-20H2,1-3H3/p+1/t25-,27-,30-,31-,32+,33-,34-/m1/s1. The lowest BCUT2D eigenvalue weighted by Gasteiger charge is -2.74. The number of fused-ring (bicyclic) bond motifs is 2. The quantitative estimate of drug-likeness (QED) is 0.509. The summed E-state index contributed by atoms with van der Waals surface area (Å²) in [6.07, 6.45) is 8.30. The van der Waals surface area contributed by atoms with E-state index in [9.17, 15) is 5.11 Å². The fraction of sp³-hybridized carbons (Fsp3) is 0.636. The molecule has 0 radical (unpaired) electrons. The molecular weight excluding hydrogens is 474 g/mol. The van der Waals surface area contributed by atoms with E-state index in [0.717, 1.165) is 37.4 Å². The Morgan fingerprint density at radius 3 is 2.66 bits per heavy atom. The second-order valence-corrected chi connectivity index (χ2v) is 13.9. The normalized spacial score (nSPS) is 41.6. The summed E-state index contributed by atoms with van der Waals surface area (Å²) in [4.78, 5) is 0. The zero-order valence-corrected chi connectivity index (χ0v) is 23.2. The van der Waals surface area contributed by atoms with Crippen molar-refractivity contribution < 1.29 is 23.8 Å². The van der Waals surface area contributed by atoms with E-state index in [4.69, 9.17) is 14.2 Å². The molecule has 9 rings (SSSR count). The van der Waals surface area contributed by atoms with Crippen LogP contribution >= 0.6 is 0 Å². The van der Waals surface area contributed by atoms with E-state index in [0.29, 0.717) is 25.0 Å². The molecule has 0 amide bonds. The lowest BCUT2D eigenvalue weighted by Crippen LogP contribution is -2.83. The number of hydrogen-bond donors (Lipinski definition) is 1. The van der Waals surface area contributed by atoms with Crippen molar-refractivity contribution >= 4 is 0 Å². The Morgan fingerprint density at radius 1 is 1.08 bits per heavy atom. The maximum atomic E-state index is 11.0. The van der Waals surface area contributed by atoms with Crippen LogP contribution < -0.4 is 4.74 Å². The Bertz CT molecular complexity index is 1290. The molecule has 1 N–H and O–H groups in total. The first-order valence-corrected chi connectivity index (χ1v) is 14.9. The minimum absolute atomic E-state index is 0.0602. The molecule has 2 heterocycles. The molecule has 5 aliphatic carbocycles. The molecule has 0 aromatic heterocycles. The second kappa shape index (κ2) is 7.77. The van der Waals surface area contributed by atoms with Crippen LogP contribution in [-0.2, 0) is 27.9 Å². The molecule has 2 aromatic rings. The van der Waals surface area contributed by atoms with E-state index in [1.807, 2.05) is 13.2 Å². The number of rotatable bonds is 7. The first-order valence-electron chi connectivity index (χ1n) is 14.9. The summed E-state index contributed by atoms with van der Waals surface area (Å²) < 4.78 is 21.3. The highest BCUT2D eigenvalue weighted by molar-refractivity contribution is 5.62. The van der Waals surface area contributed by atoms with Gasteiger partial charge in [-0.1, -0.05) is 35.9 Å². The third-order valence-electron chi connectivity index (χ3n) is 12.2. The van der Waals surface area contributed by atoms with Crippen molar-refractivity contribution in [2.75, 3.05) is 33.9 Å². The van der Waals surface area contributed by atoms with Gasteiger partial charge in [0.15, 0.2) is 11.5 Å². The molecule has 5 nitrogen and oxygen atoms in total. The lowest BCUT2D eigenvalue weighted by atomic mass is 9.34. The zero-order chi connectivity index (χ0) is 25.9. The number of aryl methyl sites for hydroxylation is 1. The van der Waals surface area contributed by atoms with Crippen molar-refractivity contribution in [2.45, 2.75) is 81.6 Å². The Hall–Kier alpha value is -2.08. The highest BCUT2D eigenvalue weighted by Gasteiger charge is 2.83. The minimum atomic E-state index is -0.392.